The Morgan fingerprint density at radius 2 is 0.885 bits per heavy atom. The maximum atomic E-state index is 5.06. The minimum atomic E-state index is 0.194. The van der Waals surface area contributed by atoms with E-state index < -0.39 is 0 Å². The summed E-state index contributed by atoms with van der Waals surface area (Å²) in [5.74, 6) is 0. The van der Waals surface area contributed by atoms with Gasteiger partial charge in [-0.05, 0) is 127 Å². The van der Waals surface area contributed by atoms with Crippen LogP contribution in [-0.2, 0) is 26.3 Å². The van der Waals surface area contributed by atoms with Crippen molar-refractivity contribution < 1.29 is 26.3 Å². The molecular weight excluding hydrogens is 818 g/mol. The number of hydrogen-bond acceptors (Lipinski definition) is 6. The molecule has 0 bridgehead atoms. The molecule has 0 amide bonds. The Balaban J connectivity index is 0.00000114. The monoisotopic (exact) mass is 856 g/mol. The average Bonchev–Trinajstić information content (AvgIpc) is 3.14. The number of aliphatic imine (C=N–C) groups is 4. The quantitative estimate of drug-likeness (QED) is 0.115. The van der Waals surface area contributed by atoms with E-state index in [1.807, 2.05) is 107 Å². The van der Waals surface area contributed by atoms with Crippen LogP contribution in [0.25, 0.3) is 0 Å². The van der Waals surface area contributed by atoms with Crippen molar-refractivity contribution in [3.63, 3.8) is 0 Å². The van der Waals surface area contributed by atoms with E-state index in [0.717, 1.165) is 85.1 Å². The van der Waals surface area contributed by atoms with E-state index in [1.54, 1.807) is 0 Å². The molecule has 0 aliphatic heterocycles. The summed E-state index contributed by atoms with van der Waals surface area (Å²) in [4.78, 5) is 29.4. The number of pyridine rings is 2. The van der Waals surface area contributed by atoms with E-state index in [0.29, 0.717) is 0 Å². The van der Waals surface area contributed by atoms with Gasteiger partial charge in [-0.15, -0.1) is 0 Å². The normalized spacial score (nSPS) is 12.2. The third-order valence-corrected chi connectivity index (χ3v) is 7.96. The predicted octanol–water partition coefficient (Wildman–Crippen LogP) is 13.0. The Labute approximate surface area is 337 Å². The molecule has 0 atom stereocenters. The zero-order chi connectivity index (χ0) is 38.2. The molecule has 5 aromatic rings. The Hall–Kier alpha value is -3.16. The first-order valence-corrected chi connectivity index (χ1v) is 22.1. The van der Waals surface area contributed by atoms with E-state index >= 15 is 0 Å². The van der Waals surface area contributed by atoms with Gasteiger partial charge in [0.05, 0.1) is 68.4 Å². The van der Waals surface area contributed by atoms with Crippen molar-refractivity contribution in [1.29, 1.82) is 0 Å². The van der Waals surface area contributed by atoms with Crippen LogP contribution in [0.5, 0.6) is 0 Å². The topological polar surface area (TPSA) is 75.2 Å². The molecule has 0 N–H and O–H groups in total. The molecule has 274 valence electrons. The molecular formula is C40H40Cl4Fe2N6. The number of benzene rings is 3. The summed E-state index contributed by atoms with van der Waals surface area (Å²) in [6, 6.07) is 32.2. The molecule has 12 heteroatoms. The number of aryl methyl sites for hydroxylation is 2. The fourth-order valence-corrected chi connectivity index (χ4v) is 5.10. The van der Waals surface area contributed by atoms with Crippen LogP contribution in [0.3, 0.4) is 0 Å². The van der Waals surface area contributed by atoms with Crippen molar-refractivity contribution in [3.8, 4) is 0 Å². The molecule has 2 aromatic heterocycles. The Morgan fingerprint density at radius 3 is 1.35 bits per heavy atom. The predicted molar refractivity (Wildman–Crippen MR) is 218 cm³/mol. The second kappa shape index (κ2) is 22.1. The van der Waals surface area contributed by atoms with Gasteiger partial charge in [0.25, 0.3) is 0 Å². The fourth-order valence-electron chi connectivity index (χ4n) is 5.10. The molecule has 0 spiro atoms. The number of nitrogens with zero attached hydrogens (tertiary/aromatic N) is 6. The molecule has 0 saturated carbocycles. The molecule has 0 aliphatic rings. The standard InChI is InChI=1S/C40H40N6.4ClH.2Fe/c1-25-20-22-34(23-21-25)42-30(6)36-16-12-18-37(45-36)31(7)43-39-24-26(2)40(28(4)27(39)3)44-32(8)38-19-13-17-35(46-38)29(5)41-33-14-10-9-11-15-33;;;;;;/h9-24H,1-8H3;4*1H;;/q;;;;;2*+2/p-4. The first-order valence-electron chi connectivity index (χ1n) is 16.0. The summed E-state index contributed by atoms with van der Waals surface area (Å²) < 4.78 is 0. The first kappa shape index (κ1) is 43.2. The van der Waals surface area contributed by atoms with Crippen LogP contribution in [-0.4, -0.2) is 32.8 Å². The molecule has 0 fully saturated rings. The van der Waals surface area contributed by atoms with Crippen LogP contribution in [0.2, 0.25) is 0 Å². The van der Waals surface area contributed by atoms with Crippen LogP contribution in [0, 0.1) is 27.7 Å². The van der Waals surface area contributed by atoms with Crippen molar-refractivity contribution in [1.82, 2.24) is 9.97 Å². The molecule has 5 rings (SSSR count). The van der Waals surface area contributed by atoms with Gasteiger partial charge in [-0.25, -0.2) is 9.97 Å². The van der Waals surface area contributed by atoms with Crippen molar-refractivity contribution in [2.45, 2.75) is 55.4 Å². The Bertz CT molecular complexity index is 2060. The molecule has 3 aromatic carbocycles. The molecule has 0 saturated heterocycles. The zero-order valence-corrected chi connectivity index (χ0v) is 35.4. The molecule has 2 heterocycles. The number of rotatable bonds is 8. The SMILES string of the molecule is CC(=Nc1ccc(C)cc1)c1cccc(C(C)=Nc2cc(C)c(N=C(C)c3cccc(C(C)=Nc4ccccc4)n3)c(C)c2C)n1.[Cl][Fe][Cl].[Cl][Fe][Cl]. The zero-order valence-electron chi connectivity index (χ0n) is 30.1. The van der Waals surface area contributed by atoms with E-state index in [9.17, 15) is 0 Å². The summed E-state index contributed by atoms with van der Waals surface area (Å²) in [5, 5.41) is 0. The molecule has 52 heavy (non-hydrogen) atoms. The van der Waals surface area contributed by atoms with Crippen molar-refractivity contribution in [2.75, 3.05) is 0 Å². The van der Waals surface area contributed by atoms with Gasteiger partial charge in [0, 0.05) is 0 Å². The van der Waals surface area contributed by atoms with Gasteiger partial charge in [-0.2, -0.15) is 0 Å². The molecule has 0 unspecified atom stereocenters. The number of para-hydroxylation sites is 1. The van der Waals surface area contributed by atoms with Crippen molar-refractivity contribution in [2.24, 2.45) is 20.0 Å². The van der Waals surface area contributed by atoms with Gasteiger partial charge in [0.15, 0.2) is 0 Å². The van der Waals surface area contributed by atoms with E-state index in [-0.39, 0.29) is 26.3 Å². The number of aromatic nitrogens is 2. The molecule has 0 aliphatic carbocycles. The summed E-state index contributed by atoms with van der Waals surface area (Å²) >= 11 is 0.389. The molecule has 6 nitrogen and oxygen atoms in total. The third kappa shape index (κ3) is 13.1. The van der Waals surface area contributed by atoms with Gasteiger partial charge in [0.1, 0.15) is 0 Å². The van der Waals surface area contributed by atoms with Crippen LogP contribution in [0.4, 0.5) is 22.7 Å². The van der Waals surface area contributed by atoms with Gasteiger partial charge in [0.2, 0.25) is 0 Å². The van der Waals surface area contributed by atoms with Crippen LogP contribution in [0.1, 0.15) is 72.7 Å². The number of halogens is 4. The Kier molecular flexibility index (Phi) is 18.4. The maximum absolute atomic E-state index is 5.06. The summed E-state index contributed by atoms with van der Waals surface area (Å²) in [6.45, 7) is 16.3. The number of hydrogen-bond donors (Lipinski definition) is 0. The minimum absolute atomic E-state index is 0.194. The van der Waals surface area contributed by atoms with Gasteiger partial charge < -0.3 is 0 Å². The van der Waals surface area contributed by atoms with Crippen LogP contribution < -0.4 is 0 Å². The van der Waals surface area contributed by atoms with Gasteiger partial charge in [-0.1, -0.05) is 48.0 Å². The summed E-state index contributed by atoms with van der Waals surface area (Å²) in [5.41, 5.74) is 14.8. The summed E-state index contributed by atoms with van der Waals surface area (Å²) in [7, 11) is 19.1. The van der Waals surface area contributed by atoms with Gasteiger partial charge >= 0.3 is 66.7 Å². The van der Waals surface area contributed by atoms with E-state index in [1.165, 1.54) is 5.56 Å². The molecule has 0 radical (unpaired) electrons. The van der Waals surface area contributed by atoms with Gasteiger partial charge in [-0.3, -0.25) is 20.0 Å². The average molecular weight is 858 g/mol. The second-order valence-electron chi connectivity index (χ2n) is 11.7. The second-order valence-corrected chi connectivity index (χ2v) is 15.3. The van der Waals surface area contributed by atoms with Crippen LogP contribution in [0.15, 0.2) is 117 Å². The van der Waals surface area contributed by atoms with Crippen LogP contribution >= 0.6 is 40.4 Å². The van der Waals surface area contributed by atoms with Crippen molar-refractivity contribution in [3.05, 3.63) is 142 Å². The first-order chi connectivity index (χ1) is 24.9. The van der Waals surface area contributed by atoms with Crippen molar-refractivity contribution >= 4 is 86.0 Å². The fraction of sp³-hybridized carbons (Fsp3) is 0.200. The van der Waals surface area contributed by atoms with E-state index in [4.69, 9.17) is 70.3 Å². The van der Waals surface area contributed by atoms with E-state index in [2.05, 4.69) is 45.9 Å². The third-order valence-electron chi connectivity index (χ3n) is 7.96. The summed E-state index contributed by atoms with van der Waals surface area (Å²) in [6.07, 6.45) is 0. The Morgan fingerprint density at radius 1 is 0.481 bits per heavy atom.